The first kappa shape index (κ1) is 16.8. The maximum absolute atomic E-state index is 13.8. The summed E-state index contributed by atoms with van der Waals surface area (Å²) < 4.78 is 18.9. The molecular weight excluding hydrogens is 329 g/mol. The predicted molar refractivity (Wildman–Crippen MR) is 91.0 cm³/mol. The van der Waals surface area contributed by atoms with Crippen LogP contribution in [-0.2, 0) is 11.2 Å². The van der Waals surface area contributed by atoms with Gasteiger partial charge in [-0.3, -0.25) is 4.79 Å². The Bertz CT molecular complexity index is 714. The number of benzene rings is 1. The Morgan fingerprint density at radius 2 is 2.12 bits per heavy atom. The van der Waals surface area contributed by atoms with Crippen LogP contribution in [0.2, 0.25) is 0 Å². The third-order valence-electron chi connectivity index (χ3n) is 4.25. The molecule has 128 valence electrons. The van der Waals surface area contributed by atoms with Gasteiger partial charge in [-0.05, 0) is 31.0 Å². The lowest BCUT2D eigenvalue weighted by molar-refractivity contribution is -0.115. The number of carbonyl (C=O) groups excluding carboxylic acids is 1. The molecule has 1 aliphatic carbocycles. The van der Waals surface area contributed by atoms with Crippen molar-refractivity contribution in [3.05, 3.63) is 34.6 Å². The molecule has 3 rings (SSSR count). The van der Waals surface area contributed by atoms with Crippen LogP contribution in [0.4, 0.5) is 9.52 Å². The van der Waals surface area contributed by atoms with E-state index >= 15 is 0 Å². The zero-order chi connectivity index (χ0) is 16.9. The number of hydrogen-bond acceptors (Lipinski definition) is 5. The van der Waals surface area contributed by atoms with Crippen LogP contribution in [0.3, 0.4) is 0 Å². The Kier molecular flexibility index (Phi) is 5.40. The van der Waals surface area contributed by atoms with E-state index in [1.54, 1.807) is 0 Å². The molecule has 0 atom stereocenters. The molecule has 5 nitrogen and oxygen atoms in total. The maximum atomic E-state index is 13.8. The summed E-state index contributed by atoms with van der Waals surface area (Å²) in [6.45, 7) is 0. The van der Waals surface area contributed by atoms with E-state index < -0.39 is 5.82 Å². The number of nitrogens with one attached hydrogen (secondary N) is 1. The van der Waals surface area contributed by atoms with Crippen molar-refractivity contribution in [2.45, 2.75) is 44.4 Å². The van der Waals surface area contributed by atoms with Gasteiger partial charge in [0.05, 0.1) is 13.5 Å². The first-order chi connectivity index (χ1) is 11.7. The Labute approximate surface area is 144 Å². The van der Waals surface area contributed by atoms with Crippen LogP contribution in [0.5, 0.6) is 5.75 Å². The highest BCUT2D eigenvalue weighted by Crippen LogP contribution is 2.35. The normalized spacial score (nSPS) is 15.2. The highest BCUT2D eigenvalue weighted by atomic mass is 32.1. The van der Waals surface area contributed by atoms with Gasteiger partial charge in [0, 0.05) is 11.5 Å². The molecule has 1 amide bonds. The van der Waals surface area contributed by atoms with Crippen molar-refractivity contribution in [1.82, 2.24) is 10.2 Å². The number of aromatic nitrogens is 2. The van der Waals surface area contributed by atoms with Crippen LogP contribution in [0.15, 0.2) is 18.2 Å². The maximum Gasteiger partial charge on any atom is 0.230 e. The average Bonchev–Trinajstić information content (AvgIpc) is 3.06. The van der Waals surface area contributed by atoms with Crippen molar-refractivity contribution >= 4 is 22.4 Å². The van der Waals surface area contributed by atoms with Gasteiger partial charge in [-0.15, -0.1) is 10.2 Å². The topological polar surface area (TPSA) is 64.1 Å². The molecule has 0 saturated heterocycles. The second kappa shape index (κ2) is 7.70. The molecular formula is C17H20FN3O2S. The standard InChI is InChI=1S/C17H20FN3O2S/c1-23-13-7-8-14(18)12(9-13)10-15(22)19-17-21-20-16(24-17)11-5-3-2-4-6-11/h7-9,11H,2-6,10H2,1H3,(H,19,21,22). The third-order valence-corrected chi connectivity index (χ3v) is 5.25. The van der Waals surface area contributed by atoms with Crippen molar-refractivity contribution < 1.29 is 13.9 Å². The largest absolute Gasteiger partial charge is 0.497 e. The van der Waals surface area contributed by atoms with Crippen LogP contribution in [0, 0.1) is 5.82 Å². The zero-order valence-electron chi connectivity index (χ0n) is 13.5. The quantitative estimate of drug-likeness (QED) is 0.889. The highest BCUT2D eigenvalue weighted by molar-refractivity contribution is 7.15. The number of anilines is 1. The van der Waals surface area contributed by atoms with Gasteiger partial charge in [0.2, 0.25) is 11.0 Å². The summed E-state index contributed by atoms with van der Waals surface area (Å²) >= 11 is 1.42. The summed E-state index contributed by atoms with van der Waals surface area (Å²) in [7, 11) is 1.51. The molecule has 2 aromatic rings. The molecule has 7 heteroatoms. The molecule has 1 aromatic carbocycles. The number of halogens is 1. The molecule has 0 aliphatic heterocycles. The van der Waals surface area contributed by atoms with Gasteiger partial charge in [0.25, 0.3) is 0 Å². The smallest absolute Gasteiger partial charge is 0.230 e. The number of hydrogen-bond donors (Lipinski definition) is 1. The second-order valence-electron chi connectivity index (χ2n) is 5.96. The van der Waals surface area contributed by atoms with Gasteiger partial charge < -0.3 is 10.1 Å². The average molecular weight is 349 g/mol. The van der Waals surface area contributed by atoms with Gasteiger partial charge >= 0.3 is 0 Å². The van der Waals surface area contributed by atoms with E-state index in [9.17, 15) is 9.18 Å². The monoisotopic (exact) mass is 349 g/mol. The molecule has 1 N–H and O–H groups in total. The lowest BCUT2D eigenvalue weighted by Gasteiger charge is -2.18. The molecule has 0 radical (unpaired) electrons. The van der Waals surface area contributed by atoms with Gasteiger partial charge in [-0.2, -0.15) is 0 Å². The summed E-state index contributed by atoms with van der Waals surface area (Å²) in [5.74, 6) is 0.243. The summed E-state index contributed by atoms with van der Waals surface area (Å²) in [5, 5.41) is 12.4. The minimum Gasteiger partial charge on any atom is -0.497 e. The molecule has 1 aliphatic rings. The molecule has 1 fully saturated rings. The molecule has 1 saturated carbocycles. The van der Waals surface area contributed by atoms with E-state index in [1.807, 2.05) is 0 Å². The Balaban J connectivity index is 1.62. The molecule has 1 heterocycles. The van der Waals surface area contributed by atoms with Gasteiger partial charge in [-0.25, -0.2) is 4.39 Å². The number of amides is 1. The van der Waals surface area contributed by atoms with Crippen LogP contribution in [0.25, 0.3) is 0 Å². The number of carbonyl (C=O) groups is 1. The van der Waals surface area contributed by atoms with Crippen molar-refractivity contribution in [3.63, 3.8) is 0 Å². The van der Waals surface area contributed by atoms with E-state index in [0.29, 0.717) is 22.4 Å². The Morgan fingerprint density at radius 3 is 2.88 bits per heavy atom. The molecule has 1 aromatic heterocycles. The first-order valence-corrected chi connectivity index (χ1v) is 8.93. The van der Waals surface area contributed by atoms with E-state index in [-0.39, 0.29) is 12.3 Å². The second-order valence-corrected chi connectivity index (χ2v) is 6.97. The highest BCUT2D eigenvalue weighted by Gasteiger charge is 2.20. The van der Waals surface area contributed by atoms with Crippen molar-refractivity contribution in [3.8, 4) is 5.75 Å². The fourth-order valence-electron chi connectivity index (χ4n) is 2.95. The van der Waals surface area contributed by atoms with Crippen LogP contribution in [0.1, 0.15) is 48.6 Å². The predicted octanol–water partition coefficient (Wildman–Crippen LogP) is 3.91. The fourth-order valence-corrected chi connectivity index (χ4v) is 3.88. The summed E-state index contributed by atoms with van der Waals surface area (Å²) in [5.41, 5.74) is 0.295. The van der Waals surface area contributed by atoms with Crippen molar-refractivity contribution in [2.75, 3.05) is 12.4 Å². The number of rotatable bonds is 5. The number of methoxy groups -OCH3 is 1. The third kappa shape index (κ3) is 4.08. The van der Waals surface area contributed by atoms with Crippen LogP contribution < -0.4 is 10.1 Å². The van der Waals surface area contributed by atoms with Crippen LogP contribution >= 0.6 is 11.3 Å². The first-order valence-electron chi connectivity index (χ1n) is 8.11. The van der Waals surface area contributed by atoms with Gasteiger partial charge in [0.15, 0.2) is 0 Å². The summed E-state index contributed by atoms with van der Waals surface area (Å²) in [6, 6.07) is 4.36. The van der Waals surface area contributed by atoms with Gasteiger partial charge in [0.1, 0.15) is 16.6 Å². The van der Waals surface area contributed by atoms with Crippen molar-refractivity contribution in [1.29, 1.82) is 0 Å². The van der Waals surface area contributed by atoms with E-state index in [1.165, 1.54) is 55.9 Å². The van der Waals surface area contributed by atoms with Crippen LogP contribution in [-0.4, -0.2) is 23.2 Å². The number of ether oxygens (including phenoxy) is 1. The Hall–Kier alpha value is -2.02. The summed E-state index contributed by atoms with van der Waals surface area (Å²) in [6.07, 6.45) is 5.93. The lowest BCUT2D eigenvalue weighted by atomic mass is 9.90. The lowest BCUT2D eigenvalue weighted by Crippen LogP contribution is -2.15. The number of nitrogens with zero attached hydrogens (tertiary/aromatic N) is 2. The Morgan fingerprint density at radius 1 is 1.33 bits per heavy atom. The fraction of sp³-hybridized carbons (Fsp3) is 0.471. The van der Waals surface area contributed by atoms with E-state index in [0.717, 1.165) is 17.8 Å². The SMILES string of the molecule is COc1ccc(F)c(CC(=O)Nc2nnc(C3CCCCC3)s2)c1. The molecule has 0 spiro atoms. The summed E-state index contributed by atoms with van der Waals surface area (Å²) in [4.78, 5) is 12.1. The molecule has 24 heavy (non-hydrogen) atoms. The van der Waals surface area contributed by atoms with Gasteiger partial charge in [-0.1, -0.05) is 30.6 Å². The minimum absolute atomic E-state index is 0.0681. The molecule has 0 unspecified atom stereocenters. The molecule has 0 bridgehead atoms. The minimum atomic E-state index is -0.425. The van der Waals surface area contributed by atoms with E-state index in [2.05, 4.69) is 15.5 Å². The van der Waals surface area contributed by atoms with E-state index in [4.69, 9.17) is 4.74 Å². The van der Waals surface area contributed by atoms with Crippen molar-refractivity contribution in [2.24, 2.45) is 0 Å². The zero-order valence-corrected chi connectivity index (χ0v) is 14.4.